The van der Waals surface area contributed by atoms with Crippen molar-refractivity contribution < 1.29 is 14.3 Å². The van der Waals surface area contributed by atoms with Gasteiger partial charge in [-0.3, -0.25) is 0 Å². The molecule has 116 valence electrons. The summed E-state index contributed by atoms with van der Waals surface area (Å²) < 4.78 is 10.7. The molecule has 1 saturated heterocycles. The molecule has 0 unspecified atom stereocenters. The monoisotopic (exact) mass is 292 g/mol. The summed E-state index contributed by atoms with van der Waals surface area (Å²) in [6.45, 7) is 6.69. The van der Waals surface area contributed by atoms with Gasteiger partial charge in [-0.25, -0.2) is 4.79 Å². The molecule has 21 heavy (non-hydrogen) atoms. The average Bonchev–Trinajstić information content (AvgIpc) is 2.49. The smallest absolute Gasteiger partial charge is 0.340 e. The van der Waals surface area contributed by atoms with E-state index in [-0.39, 0.29) is 5.97 Å². The molecule has 1 fully saturated rings. The average molecular weight is 292 g/mol. The molecule has 2 N–H and O–H groups in total. The predicted molar refractivity (Wildman–Crippen MR) is 83.7 cm³/mol. The minimum Gasteiger partial charge on any atom is -0.462 e. The molecule has 0 radical (unpaired) electrons. The molecule has 0 amide bonds. The van der Waals surface area contributed by atoms with Crippen molar-refractivity contribution in [2.24, 2.45) is 0 Å². The number of esters is 1. The predicted octanol–water partition coefficient (Wildman–Crippen LogP) is 2.45. The molecule has 1 aromatic carbocycles. The molecule has 2 rings (SSSR count). The largest absolute Gasteiger partial charge is 0.462 e. The fourth-order valence-corrected chi connectivity index (χ4v) is 2.71. The Morgan fingerprint density at radius 3 is 2.62 bits per heavy atom. The van der Waals surface area contributed by atoms with E-state index >= 15 is 0 Å². The first kappa shape index (κ1) is 15.6. The van der Waals surface area contributed by atoms with Gasteiger partial charge in [-0.05, 0) is 38.8 Å². The Morgan fingerprint density at radius 2 is 2.00 bits per heavy atom. The zero-order valence-electron chi connectivity index (χ0n) is 12.8. The number of benzene rings is 1. The summed E-state index contributed by atoms with van der Waals surface area (Å²) in [5.41, 5.74) is 8.03. The standard InChI is InChI=1S/C16H24N2O3/c1-3-20-12-8-10-18(11-9-12)14-7-5-6-13(15(14)17)16(19)21-4-2/h5-7,12H,3-4,8-11,17H2,1-2H3. The first-order chi connectivity index (χ1) is 10.2. The van der Waals surface area contributed by atoms with E-state index in [1.807, 2.05) is 19.1 Å². The van der Waals surface area contributed by atoms with Crippen molar-refractivity contribution in [1.82, 2.24) is 0 Å². The number of para-hydroxylation sites is 1. The number of hydrogen-bond donors (Lipinski definition) is 1. The number of rotatable bonds is 5. The number of nitrogens with two attached hydrogens (primary N) is 1. The van der Waals surface area contributed by atoms with Gasteiger partial charge in [0.15, 0.2) is 0 Å². The fraction of sp³-hybridized carbons (Fsp3) is 0.562. The number of carbonyl (C=O) groups is 1. The summed E-state index contributed by atoms with van der Waals surface area (Å²) in [7, 11) is 0. The molecule has 1 aromatic rings. The lowest BCUT2D eigenvalue weighted by molar-refractivity contribution is 0.0458. The number of anilines is 2. The van der Waals surface area contributed by atoms with Gasteiger partial charge in [-0.2, -0.15) is 0 Å². The van der Waals surface area contributed by atoms with Crippen molar-refractivity contribution >= 4 is 17.3 Å². The van der Waals surface area contributed by atoms with Gasteiger partial charge >= 0.3 is 5.97 Å². The van der Waals surface area contributed by atoms with Gasteiger partial charge in [0.1, 0.15) is 0 Å². The van der Waals surface area contributed by atoms with Gasteiger partial charge in [0.05, 0.1) is 29.6 Å². The highest BCUT2D eigenvalue weighted by Gasteiger charge is 2.22. The second kappa shape index (κ2) is 7.31. The van der Waals surface area contributed by atoms with Crippen LogP contribution >= 0.6 is 0 Å². The zero-order chi connectivity index (χ0) is 15.2. The van der Waals surface area contributed by atoms with Crippen molar-refractivity contribution in [2.75, 3.05) is 36.9 Å². The second-order valence-corrected chi connectivity index (χ2v) is 5.10. The minimum atomic E-state index is -0.360. The van der Waals surface area contributed by atoms with Gasteiger partial charge < -0.3 is 20.1 Å². The van der Waals surface area contributed by atoms with Gasteiger partial charge in [0.25, 0.3) is 0 Å². The Labute approximate surface area is 126 Å². The lowest BCUT2D eigenvalue weighted by Gasteiger charge is -2.34. The fourth-order valence-electron chi connectivity index (χ4n) is 2.71. The van der Waals surface area contributed by atoms with Crippen LogP contribution in [-0.2, 0) is 9.47 Å². The molecule has 1 aliphatic rings. The SMILES string of the molecule is CCOC(=O)c1cccc(N2CCC(OCC)CC2)c1N. The van der Waals surface area contributed by atoms with Gasteiger partial charge in [-0.15, -0.1) is 0 Å². The molecule has 5 nitrogen and oxygen atoms in total. The zero-order valence-corrected chi connectivity index (χ0v) is 12.8. The van der Waals surface area contributed by atoms with Gasteiger partial charge in [0, 0.05) is 19.7 Å². The number of nitrogen functional groups attached to an aromatic ring is 1. The Kier molecular flexibility index (Phi) is 5.44. The molecule has 1 heterocycles. The van der Waals surface area contributed by atoms with Crippen molar-refractivity contribution in [3.63, 3.8) is 0 Å². The molecular formula is C16H24N2O3. The first-order valence-electron chi connectivity index (χ1n) is 7.59. The highest BCUT2D eigenvalue weighted by atomic mass is 16.5. The Hall–Kier alpha value is -1.75. The van der Waals surface area contributed by atoms with Crippen LogP contribution in [0, 0.1) is 0 Å². The normalized spacial score (nSPS) is 16.0. The van der Waals surface area contributed by atoms with E-state index < -0.39 is 0 Å². The highest BCUT2D eigenvalue weighted by Crippen LogP contribution is 2.30. The van der Waals surface area contributed by atoms with Crippen LogP contribution in [0.3, 0.4) is 0 Å². The number of ether oxygens (including phenoxy) is 2. The van der Waals surface area contributed by atoms with E-state index in [9.17, 15) is 4.79 Å². The summed E-state index contributed by atoms with van der Waals surface area (Å²) in [4.78, 5) is 14.1. The topological polar surface area (TPSA) is 64.8 Å². The van der Waals surface area contributed by atoms with Crippen molar-refractivity contribution in [3.8, 4) is 0 Å². The van der Waals surface area contributed by atoms with Crippen molar-refractivity contribution in [1.29, 1.82) is 0 Å². The molecule has 0 bridgehead atoms. The third-order valence-electron chi connectivity index (χ3n) is 3.76. The number of carbonyl (C=O) groups excluding carboxylic acids is 1. The third kappa shape index (κ3) is 3.67. The second-order valence-electron chi connectivity index (χ2n) is 5.10. The number of nitrogens with zero attached hydrogens (tertiary/aromatic N) is 1. The third-order valence-corrected chi connectivity index (χ3v) is 3.76. The van der Waals surface area contributed by atoms with Crippen LogP contribution in [0.15, 0.2) is 18.2 Å². The molecule has 1 aliphatic heterocycles. The summed E-state index contributed by atoms with van der Waals surface area (Å²) in [5.74, 6) is -0.360. The minimum absolute atomic E-state index is 0.334. The maximum absolute atomic E-state index is 11.9. The van der Waals surface area contributed by atoms with Crippen LogP contribution < -0.4 is 10.6 Å². The summed E-state index contributed by atoms with van der Waals surface area (Å²) in [6, 6.07) is 5.52. The lowest BCUT2D eigenvalue weighted by Crippen LogP contribution is -2.37. The molecular weight excluding hydrogens is 268 g/mol. The van der Waals surface area contributed by atoms with Crippen LogP contribution in [0.2, 0.25) is 0 Å². The molecule has 5 heteroatoms. The molecule has 0 spiro atoms. The van der Waals surface area contributed by atoms with E-state index in [1.54, 1.807) is 13.0 Å². The van der Waals surface area contributed by atoms with E-state index in [0.717, 1.165) is 38.2 Å². The number of hydrogen-bond acceptors (Lipinski definition) is 5. The van der Waals surface area contributed by atoms with Crippen LogP contribution in [0.5, 0.6) is 0 Å². The van der Waals surface area contributed by atoms with Crippen LogP contribution in [-0.4, -0.2) is 38.4 Å². The maximum Gasteiger partial charge on any atom is 0.340 e. The van der Waals surface area contributed by atoms with Gasteiger partial charge in [0.2, 0.25) is 0 Å². The van der Waals surface area contributed by atoms with E-state index in [2.05, 4.69) is 4.90 Å². The maximum atomic E-state index is 11.9. The molecule has 0 aliphatic carbocycles. The first-order valence-corrected chi connectivity index (χ1v) is 7.59. The summed E-state index contributed by atoms with van der Waals surface area (Å²) in [6.07, 6.45) is 2.30. The molecule has 0 aromatic heterocycles. The van der Waals surface area contributed by atoms with E-state index in [1.165, 1.54) is 0 Å². The molecule has 0 atom stereocenters. The quantitative estimate of drug-likeness (QED) is 0.667. The Bertz CT molecular complexity index is 482. The van der Waals surface area contributed by atoms with Crippen LogP contribution in [0.25, 0.3) is 0 Å². The molecule has 0 saturated carbocycles. The van der Waals surface area contributed by atoms with Crippen LogP contribution in [0.4, 0.5) is 11.4 Å². The Balaban J connectivity index is 2.11. The van der Waals surface area contributed by atoms with Crippen molar-refractivity contribution in [2.45, 2.75) is 32.8 Å². The van der Waals surface area contributed by atoms with Crippen molar-refractivity contribution in [3.05, 3.63) is 23.8 Å². The number of piperidine rings is 1. The summed E-state index contributed by atoms with van der Waals surface area (Å²) >= 11 is 0. The van der Waals surface area contributed by atoms with E-state index in [4.69, 9.17) is 15.2 Å². The highest BCUT2D eigenvalue weighted by molar-refractivity contribution is 5.98. The van der Waals surface area contributed by atoms with E-state index in [0.29, 0.717) is 24.0 Å². The van der Waals surface area contributed by atoms with Crippen LogP contribution in [0.1, 0.15) is 37.0 Å². The lowest BCUT2D eigenvalue weighted by atomic mass is 10.0. The van der Waals surface area contributed by atoms with Gasteiger partial charge in [-0.1, -0.05) is 6.07 Å². The summed E-state index contributed by atoms with van der Waals surface area (Å²) in [5, 5.41) is 0. The Morgan fingerprint density at radius 1 is 1.29 bits per heavy atom.